The summed E-state index contributed by atoms with van der Waals surface area (Å²) >= 11 is 0. The molecule has 0 bridgehead atoms. The number of fused-ring (bicyclic) bond motifs is 1. The van der Waals surface area contributed by atoms with E-state index in [2.05, 4.69) is 61.4 Å². The maximum atomic E-state index is 11.0. The molecule has 0 radical (unpaired) electrons. The molecule has 2 aromatic rings. The molecule has 3 N–H and O–H groups in total. The van der Waals surface area contributed by atoms with Crippen molar-refractivity contribution in [1.29, 1.82) is 0 Å². The lowest BCUT2D eigenvalue weighted by molar-refractivity contribution is 0.584. The van der Waals surface area contributed by atoms with Gasteiger partial charge in [0.25, 0.3) is 0 Å². The smallest absolute Gasteiger partial charge is 0.208 e. The van der Waals surface area contributed by atoms with Crippen LogP contribution >= 0.6 is 0 Å². The van der Waals surface area contributed by atoms with E-state index in [0.29, 0.717) is 19.5 Å². The minimum atomic E-state index is -3.12. The molecule has 1 aromatic heterocycles. The molecule has 0 amide bonds. The van der Waals surface area contributed by atoms with Crippen LogP contribution in [0.15, 0.2) is 41.5 Å². The van der Waals surface area contributed by atoms with Crippen molar-refractivity contribution in [3.63, 3.8) is 0 Å². The van der Waals surface area contributed by atoms with Gasteiger partial charge in [-0.05, 0) is 37.3 Å². The fraction of sp³-hybridized carbons (Fsp3) is 0.500. The molecule has 0 fully saturated rings. The Morgan fingerprint density at radius 1 is 1.12 bits per heavy atom. The van der Waals surface area contributed by atoms with E-state index in [1.54, 1.807) is 0 Å². The number of sulfonamides is 1. The Balaban J connectivity index is 1.74. The van der Waals surface area contributed by atoms with Gasteiger partial charge in [0.1, 0.15) is 0 Å². The highest BCUT2D eigenvalue weighted by atomic mass is 32.2. The maximum absolute atomic E-state index is 11.0. The number of aliphatic imine (C=N–C) groups is 1. The highest BCUT2D eigenvalue weighted by Gasteiger charge is 2.01. The molecule has 7 nitrogen and oxygen atoms in total. The Kier molecular flexibility index (Phi) is 7.93. The Morgan fingerprint density at radius 2 is 1.92 bits per heavy atom. The number of hydrogen-bond acceptors (Lipinski definition) is 3. The Morgan fingerprint density at radius 3 is 2.69 bits per heavy atom. The fourth-order valence-corrected chi connectivity index (χ4v) is 3.18. The van der Waals surface area contributed by atoms with E-state index in [9.17, 15) is 8.42 Å². The monoisotopic (exact) mass is 379 g/mol. The van der Waals surface area contributed by atoms with Gasteiger partial charge in [-0.3, -0.25) is 4.99 Å². The van der Waals surface area contributed by atoms with Crippen LogP contribution in [0.4, 0.5) is 0 Å². The lowest BCUT2D eigenvalue weighted by Crippen LogP contribution is -2.38. The van der Waals surface area contributed by atoms with Crippen LogP contribution in [0.3, 0.4) is 0 Å². The van der Waals surface area contributed by atoms with Crippen LogP contribution in [0, 0.1) is 0 Å². The molecule has 26 heavy (non-hydrogen) atoms. The van der Waals surface area contributed by atoms with Gasteiger partial charge in [0.15, 0.2) is 5.96 Å². The maximum Gasteiger partial charge on any atom is 0.208 e. The van der Waals surface area contributed by atoms with Crippen molar-refractivity contribution in [3.05, 3.63) is 36.5 Å². The minimum absolute atomic E-state index is 0.423. The molecule has 0 spiro atoms. The number of aryl methyl sites for hydroxylation is 1. The van der Waals surface area contributed by atoms with Crippen LogP contribution < -0.4 is 15.4 Å². The second kappa shape index (κ2) is 10.2. The number of nitrogens with zero attached hydrogens (tertiary/aromatic N) is 2. The number of benzene rings is 1. The second-order valence-corrected chi connectivity index (χ2v) is 7.96. The van der Waals surface area contributed by atoms with Crippen LogP contribution in [-0.4, -0.2) is 51.4 Å². The van der Waals surface area contributed by atoms with Gasteiger partial charge in [-0.15, -0.1) is 0 Å². The van der Waals surface area contributed by atoms with Crippen molar-refractivity contribution >= 4 is 26.9 Å². The van der Waals surface area contributed by atoms with Crippen LogP contribution in [0.1, 0.15) is 19.8 Å². The van der Waals surface area contributed by atoms with E-state index in [-0.39, 0.29) is 0 Å². The molecule has 0 aliphatic heterocycles. The van der Waals surface area contributed by atoms with Gasteiger partial charge in [-0.2, -0.15) is 0 Å². The van der Waals surface area contributed by atoms with Crippen molar-refractivity contribution in [2.75, 3.05) is 32.4 Å². The molecule has 0 aliphatic carbocycles. The summed E-state index contributed by atoms with van der Waals surface area (Å²) in [5, 5.41) is 7.69. The van der Waals surface area contributed by atoms with Gasteiger partial charge in [0.05, 0.1) is 6.26 Å². The predicted molar refractivity (Wildman–Crippen MR) is 108 cm³/mol. The molecule has 0 saturated carbocycles. The van der Waals surface area contributed by atoms with Gasteiger partial charge in [-0.25, -0.2) is 13.1 Å². The summed E-state index contributed by atoms with van der Waals surface area (Å²) in [5.41, 5.74) is 1.25. The molecule has 8 heteroatoms. The topological polar surface area (TPSA) is 87.5 Å². The summed E-state index contributed by atoms with van der Waals surface area (Å²) in [6.45, 7) is 5.55. The van der Waals surface area contributed by atoms with E-state index in [0.717, 1.165) is 32.0 Å². The number of nitrogens with one attached hydrogen (secondary N) is 3. The first-order chi connectivity index (χ1) is 12.5. The normalized spacial score (nSPS) is 12.5. The Bertz CT molecular complexity index is 814. The van der Waals surface area contributed by atoms with Gasteiger partial charge in [0.2, 0.25) is 10.0 Å². The number of para-hydroxylation sites is 1. The summed E-state index contributed by atoms with van der Waals surface area (Å²) < 4.78 is 26.8. The Labute approximate surface area is 155 Å². The third-order valence-electron chi connectivity index (χ3n) is 3.86. The standard InChI is InChI=1S/C18H29N5O2S/c1-3-19-18(20-11-6-13-22-26(2,24)25)21-12-7-14-23-15-10-16-8-4-5-9-17(16)23/h4-5,8-10,15,22H,3,6-7,11-14H2,1-2H3,(H2,19,20,21). The summed E-state index contributed by atoms with van der Waals surface area (Å²) in [6.07, 6.45) is 4.93. The van der Waals surface area contributed by atoms with Crippen LogP contribution in [0.25, 0.3) is 10.9 Å². The highest BCUT2D eigenvalue weighted by molar-refractivity contribution is 7.88. The number of rotatable bonds is 10. The average molecular weight is 380 g/mol. The van der Waals surface area contributed by atoms with Crippen molar-refractivity contribution in [3.8, 4) is 0 Å². The third kappa shape index (κ3) is 7.05. The van der Waals surface area contributed by atoms with Gasteiger partial charge >= 0.3 is 0 Å². The molecule has 2 rings (SSSR count). The first kappa shape index (κ1) is 20.3. The molecule has 1 heterocycles. The fourth-order valence-electron chi connectivity index (χ4n) is 2.66. The first-order valence-electron chi connectivity index (χ1n) is 9.00. The zero-order valence-electron chi connectivity index (χ0n) is 15.5. The van der Waals surface area contributed by atoms with Crippen LogP contribution in [0.2, 0.25) is 0 Å². The number of aromatic nitrogens is 1. The summed E-state index contributed by atoms with van der Waals surface area (Å²) in [5.74, 6) is 0.768. The molecule has 1 aromatic carbocycles. The molecule has 0 saturated heterocycles. The minimum Gasteiger partial charge on any atom is -0.357 e. The van der Waals surface area contributed by atoms with E-state index >= 15 is 0 Å². The lowest BCUT2D eigenvalue weighted by atomic mass is 10.2. The highest BCUT2D eigenvalue weighted by Crippen LogP contribution is 2.15. The van der Waals surface area contributed by atoms with Gasteiger partial charge in [0, 0.05) is 44.4 Å². The van der Waals surface area contributed by atoms with Crippen LogP contribution in [-0.2, 0) is 16.6 Å². The van der Waals surface area contributed by atoms with E-state index in [4.69, 9.17) is 0 Å². The zero-order chi connectivity index (χ0) is 18.8. The Hall–Kier alpha value is -2.06. The van der Waals surface area contributed by atoms with Crippen LogP contribution in [0.5, 0.6) is 0 Å². The largest absolute Gasteiger partial charge is 0.357 e. The van der Waals surface area contributed by atoms with E-state index in [1.807, 2.05) is 6.92 Å². The lowest BCUT2D eigenvalue weighted by Gasteiger charge is -2.11. The molecular weight excluding hydrogens is 350 g/mol. The van der Waals surface area contributed by atoms with Gasteiger partial charge < -0.3 is 15.2 Å². The van der Waals surface area contributed by atoms with Crippen molar-refractivity contribution in [1.82, 2.24) is 19.9 Å². The van der Waals surface area contributed by atoms with Crippen molar-refractivity contribution in [2.24, 2.45) is 4.99 Å². The van der Waals surface area contributed by atoms with E-state index < -0.39 is 10.0 Å². The SMILES string of the molecule is CCNC(=NCCCn1ccc2ccccc21)NCCCNS(C)(=O)=O. The van der Waals surface area contributed by atoms with Crippen molar-refractivity contribution < 1.29 is 8.42 Å². The number of hydrogen-bond donors (Lipinski definition) is 3. The van der Waals surface area contributed by atoms with E-state index in [1.165, 1.54) is 17.2 Å². The second-order valence-electron chi connectivity index (χ2n) is 6.13. The summed E-state index contributed by atoms with van der Waals surface area (Å²) in [4.78, 5) is 4.58. The number of guanidine groups is 1. The van der Waals surface area contributed by atoms with Crippen molar-refractivity contribution in [2.45, 2.75) is 26.3 Å². The molecule has 0 atom stereocenters. The first-order valence-corrected chi connectivity index (χ1v) is 10.9. The molecule has 0 aliphatic rings. The summed E-state index contributed by atoms with van der Waals surface area (Å²) in [7, 11) is -3.12. The molecule has 0 unspecified atom stereocenters. The molecular formula is C18H29N5O2S. The van der Waals surface area contributed by atoms with Gasteiger partial charge in [-0.1, -0.05) is 18.2 Å². The predicted octanol–water partition coefficient (Wildman–Crippen LogP) is 1.53. The quantitative estimate of drug-likeness (QED) is 0.332. The summed E-state index contributed by atoms with van der Waals surface area (Å²) in [6, 6.07) is 10.5. The zero-order valence-corrected chi connectivity index (χ0v) is 16.3. The average Bonchev–Trinajstić information content (AvgIpc) is 3.00. The third-order valence-corrected chi connectivity index (χ3v) is 4.59. The molecule has 144 valence electrons.